The average molecular weight is 415 g/mol. The molecule has 0 aliphatic rings. The molecule has 1 heterocycles. The third-order valence-electron chi connectivity index (χ3n) is 4.53. The SMILES string of the molecule is COc1ccc(CC(=O)Nc2ccccc2-c2nc(COc3ccccc3)no2)cc1. The van der Waals surface area contributed by atoms with E-state index in [2.05, 4.69) is 15.5 Å². The second kappa shape index (κ2) is 9.58. The zero-order valence-corrected chi connectivity index (χ0v) is 16.9. The summed E-state index contributed by atoms with van der Waals surface area (Å²) in [4.78, 5) is 17.0. The number of amides is 1. The molecule has 4 rings (SSSR count). The fraction of sp³-hybridized carbons (Fsp3) is 0.125. The Labute approximate surface area is 179 Å². The van der Waals surface area contributed by atoms with Gasteiger partial charge in [0.15, 0.2) is 6.61 Å². The van der Waals surface area contributed by atoms with Gasteiger partial charge in [-0.25, -0.2) is 0 Å². The van der Waals surface area contributed by atoms with Crippen molar-refractivity contribution in [2.45, 2.75) is 13.0 Å². The molecule has 0 saturated heterocycles. The topological polar surface area (TPSA) is 86.5 Å². The normalized spacial score (nSPS) is 10.5. The number of para-hydroxylation sites is 2. The maximum absolute atomic E-state index is 12.6. The van der Waals surface area contributed by atoms with Crippen LogP contribution in [0.15, 0.2) is 83.4 Å². The van der Waals surface area contributed by atoms with Crippen molar-refractivity contribution in [1.29, 1.82) is 0 Å². The summed E-state index contributed by atoms with van der Waals surface area (Å²) in [5.41, 5.74) is 2.12. The van der Waals surface area contributed by atoms with E-state index in [1.165, 1.54) is 0 Å². The summed E-state index contributed by atoms with van der Waals surface area (Å²) in [7, 11) is 1.61. The van der Waals surface area contributed by atoms with Gasteiger partial charge in [-0.15, -0.1) is 0 Å². The number of carbonyl (C=O) groups excluding carboxylic acids is 1. The van der Waals surface area contributed by atoms with Gasteiger partial charge in [0.05, 0.1) is 24.8 Å². The predicted octanol–water partition coefficient (Wildman–Crippen LogP) is 4.51. The van der Waals surface area contributed by atoms with Crippen LogP contribution in [0, 0.1) is 0 Å². The Balaban J connectivity index is 1.43. The maximum Gasteiger partial charge on any atom is 0.260 e. The summed E-state index contributed by atoms with van der Waals surface area (Å²) in [6.45, 7) is 0.180. The van der Waals surface area contributed by atoms with Gasteiger partial charge in [-0.3, -0.25) is 4.79 Å². The second-order valence-corrected chi connectivity index (χ2v) is 6.74. The molecule has 31 heavy (non-hydrogen) atoms. The monoisotopic (exact) mass is 415 g/mol. The van der Waals surface area contributed by atoms with Crippen molar-refractivity contribution in [3.63, 3.8) is 0 Å². The number of anilines is 1. The molecule has 7 heteroatoms. The molecule has 0 bridgehead atoms. The lowest BCUT2D eigenvalue weighted by Crippen LogP contribution is -2.15. The van der Waals surface area contributed by atoms with E-state index < -0.39 is 0 Å². The first-order valence-corrected chi connectivity index (χ1v) is 9.74. The minimum absolute atomic E-state index is 0.148. The third kappa shape index (κ3) is 5.27. The molecular formula is C24H21N3O4. The van der Waals surface area contributed by atoms with Crippen LogP contribution in [0.3, 0.4) is 0 Å². The first-order valence-electron chi connectivity index (χ1n) is 9.74. The summed E-state index contributed by atoms with van der Waals surface area (Å²) in [6, 6.07) is 24.1. The highest BCUT2D eigenvalue weighted by molar-refractivity contribution is 5.95. The van der Waals surface area contributed by atoms with Crippen LogP contribution in [-0.2, 0) is 17.8 Å². The lowest BCUT2D eigenvalue weighted by molar-refractivity contribution is -0.115. The van der Waals surface area contributed by atoms with Crippen LogP contribution < -0.4 is 14.8 Å². The summed E-state index contributed by atoms with van der Waals surface area (Å²) in [6.07, 6.45) is 0.234. The number of rotatable bonds is 8. The van der Waals surface area contributed by atoms with E-state index in [1.54, 1.807) is 13.2 Å². The lowest BCUT2D eigenvalue weighted by atomic mass is 10.1. The molecule has 0 aliphatic carbocycles. The van der Waals surface area contributed by atoms with Crippen LogP contribution in [0.4, 0.5) is 5.69 Å². The number of ether oxygens (including phenoxy) is 2. The predicted molar refractivity (Wildman–Crippen MR) is 116 cm³/mol. The van der Waals surface area contributed by atoms with E-state index in [-0.39, 0.29) is 18.9 Å². The fourth-order valence-electron chi connectivity index (χ4n) is 2.99. The van der Waals surface area contributed by atoms with Crippen molar-refractivity contribution in [1.82, 2.24) is 10.1 Å². The van der Waals surface area contributed by atoms with E-state index in [1.807, 2.05) is 72.8 Å². The van der Waals surface area contributed by atoms with E-state index in [9.17, 15) is 4.79 Å². The quantitative estimate of drug-likeness (QED) is 0.456. The zero-order chi connectivity index (χ0) is 21.5. The molecule has 156 valence electrons. The second-order valence-electron chi connectivity index (χ2n) is 6.74. The standard InChI is InChI=1S/C24H21N3O4/c1-29-18-13-11-17(12-14-18)15-23(28)25-21-10-6-5-9-20(21)24-26-22(27-31-24)16-30-19-7-3-2-4-8-19/h2-14H,15-16H2,1H3,(H,25,28). The minimum atomic E-state index is -0.148. The molecule has 0 spiro atoms. The van der Waals surface area contributed by atoms with Crippen molar-refractivity contribution < 1.29 is 18.8 Å². The van der Waals surface area contributed by atoms with Crippen LogP contribution in [0.5, 0.6) is 11.5 Å². The van der Waals surface area contributed by atoms with Gasteiger partial charge in [-0.05, 0) is 42.0 Å². The van der Waals surface area contributed by atoms with Crippen molar-refractivity contribution in [2.24, 2.45) is 0 Å². The Morgan fingerprint density at radius 1 is 0.935 bits per heavy atom. The number of nitrogens with one attached hydrogen (secondary N) is 1. The third-order valence-corrected chi connectivity index (χ3v) is 4.53. The molecule has 0 radical (unpaired) electrons. The van der Waals surface area contributed by atoms with Crippen LogP contribution in [-0.4, -0.2) is 23.2 Å². The maximum atomic E-state index is 12.6. The first kappa shape index (κ1) is 20.2. The van der Waals surface area contributed by atoms with Gasteiger partial charge in [0.2, 0.25) is 11.7 Å². The molecule has 1 aromatic heterocycles. The summed E-state index contributed by atoms with van der Waals surface area (Å²) in [5, 5.41) is 6.90. The first-order chi connectivity index (χ1) is 15.2. The molecule has 0 fully saturated rings. The lowest BCUT2D eigenvalue weighted by Gasteiger charge is -2.09. The minimum Gasteiger partial charge on any atom is -0.497 e. The van der Waals surface area contributed by atoms with Gasteiger partial charge >= 0.3 is 0 Å². The Morgan fingerprint density at radius 3 is 2.45 bits per heavy atom. The van der Waals surface area contributed by atoms with Crippen LogP contribution in [0.1, 0.15) is 11.4 Å². The number of benzene rings is 3. The number of carbonyl (C=O) groups is 1. The van der Waals surface area contributed by atoms with E-state index >= 15 is 0 Å². The Hall–Kier alpha value is -4.13. The van der Waals surface area contributed by atoms with Crippen molar-refractivity contribution in [2.75, 3.05) is 12.4 Å². The highest BCUT2D eigenvalue weighted by Crippen LogP contribution is 2.27. The Kier molecular flexibility index (Phi) is 6.23. The van der Waals surface area contributed by atoms with E-state index in [0.717, 1.165) is 17.1 Å². The molecule has 0 aliphatic heterocycles. The van der Waals surface area contributed by atoms with Gasteiger partial charge in [0.25, 0.3) is 5.89 Å². The highest BCUT2D eigenvalue weighted by atomic mass is 16.5. The van der Waals surface area contributed by atoms with Gasteiger partial charge in [0.1, 0.15) is 11.5 Å². The molecule has 1 amide bonds. The highest BCUT2D eigenvalue weighted by Gasteiger charge is 2.15. The molecule has 1 N–H and O–H groups in total. The van der Waals surface area contributed by atoms with Gasteiger partial charge < -0.3 is 19.3 Å². The van der Waals surface area contributed by atoms with Gasteiger partial charge in [-0.1, -0.05) is 47.6 Å². The van der Waals surface area contributed by atoms with Crippen LogP contribution in [0.2, 0.25) is 0 Å². The summed E-state index contributed by atoms with van der Waals surface area (Å²) in [5.74, 6) is 2.05. The zero-order valence-electron chi connectivity index (χ0n) is 16.9. The number of nitrogens with zero attached hydrogens (tertiary/aromatic N) is 2. The van der Waals surface area contributed by atoms with Crippen LogP contribution in [0.25, 0.3) is 11.5 Å². The molecule has 0 atom stereocenters. The number of hydrogen-bond donors (Lipinski definition) is 1. The largest absolute Gasteiger partial charge is 0.497 e. The summed E-state index contributed by atoms with van der Waals surface area (Å²) >= 11 is 0. The average Bonchev–Trinajstić information content (AvgIpc) is 3.28. The number of hydrogen-bond acceptors (Lipinski definition) is 6. The van der Waals surface area contributed by atoms with Gasteiger partial charge in [0, 0.05) is 0 Å². The van der Waals surface area contributed by atoms with Crippen LogP contribution >= 0.6 is 0 Å². The molecule has 0 saturated carbocycles. The smallest absolute Gasteiger partial charge is 0.260 e. The summed E-state index contributed by atoms with van der Waals surface area (Å²) < 4.78 is 16.2. The van der Waals surface area contributed by atoms with E-state index in [0.29, 0.717) is 23.0 Å². The molecule has 3 aromatic carbocycles. The van der Waals surface area contributed by atoms with E-state index in [4.69, 9.17) is 14.0 Å². The molecular weight excluding hydrogens is 394 g/mol. The Morgan fingerprint density at radius 2 is 1.68 bits per heavy atom. The number of aromatic nitrogens is 2. The van der Waals surface area contributed by atoms with Gasteiger partial charge in [-0.2, -0.15) is 4.98 Å². The Bertz CT molecular complexity index is 1140. The number of methoxy groups -OCH3 is 1. The molecule has 0 unspecified atom stereocenters. The molecule has 7 nitrogen and oxygen atoms in total. The van der Waals surface area contributed by atoms with Crippen molar-refractivity contribution in [3.8, 4) is 23.0 Å². The van der Waals surface area contributed by atoms with Crippen molar-refractivity contribution in [3.05, 3.63) is 90.3 Å². The van der Waals surface area contributed by atoms with Crippen molar-refractivity contribution >= 4 is 11.6 Å². The molecule has 4 aromatic rings. The fourth-order valence-corrected chi connectivity index (χ4v) is 2.99.